The minimum atomic E-state index is -0.835. The van der Waals surface area contributed by atoms with E-state index in [0.29, 0.717) is 26.2 Å². The Morgan fingerprint density at radius 1 is 1.38 bits per heavy atom. The standard InChI is InChI=1S/C16H24N2O3/c1-3-8-16(2,17)15(19)18-11-12-6-4-7-13-14(12)21-10-5-9-20-13/h4,6-7H,3,5,8-11,17H2,1-2H3,(H,18,19). The first-order chi connectivity index (χ1) is 10.0. The van der Waals surface area contributed by atoms with E-state index in [0.717, 1.165) is 29.9 Å². The van der Waals surface area contributed by atoms with Crippen LogP contribution < -0.4 is 20.5 Å². The molecule has 1 heterocycles. The van der Waals surface area contributed by atoms with Gasteiger partial charge in [0.05, 0.1) is 18.8 Å². The Balaban J connectivity index is 2.05. The normalized spacial score (nSPS) is 16.7. The third-order valence-electron chi connectivity index (χ3n) is 3.58. The lowest BCUT2D eigenvalue weighted by atomic mass is 9.96. The molecular weight excluding hydrogens is 268 g/mol. The molecule has 0 bridgehead atoms. The second kappa shape index (κ2) is 6.80. The van der Waals surface area contributed by atoms with E-state index in [4.69, 9.17) is 15.2 Å². The van der Waals surface area contributed by atoms with Crippen LogP contribution in [0.2, 0.25) is 0 Å². The summed E-state index contributed by atoms with van der Waals surface area (Å²) in [7, 11) is 0. The average molecular weight is 292 g/mol. The number of hydrogen-bond donors (Lipinski definition) is 2. The number of nitrogens with two attached hydrogens (primary N) is 1. The lowest BCUT2D eigenvalue weighted by Crippen LogP contribution is -2.51. The van der Waals surface area contributed by atoms with Gasteiger partial charge in [-0.1, -0.05) is 25.5 Å². The van der Waals surface area contributed by atoms with Crippen LogP contribution in [0.3, 0.4) is 0 Å². The summed E-state index contributed by atoms with van der Waals surface area (Å²) in [6, 6.07) is 5.72. The fraction of sp³-hybridized carbons (Fsp3) is 0.562. The van der Waals surface area contributed by atoms with Gasteiger partial charge in [-0.05, 0) is 19.4 Å². The van der Waals surface area contributed by atoms with Gasteiger partial charge in [0.2, 0.25) is 5.91 Å². The topological polar surface area (TPSA) is 73.6 Å². The summed E-state index contributed by atoms with van der Waals surface area (Å²) in [5, 5.41) is 2.90. The molecule has 0 radical (unpaired) electrons. The molecule has 1 aromatic carbocycles. The summed E-state index contributed by atoms with van der Waals surface area (Å²) in [5.41, 5.74) is 6.11. The van der Waals surface area contributed by atoms with Gasteiger partial charge in [-0.15, -0.1) is 0 Å². The van der Waals surface area contributed by atoms with Gasteiger partial charge in [0.25, 0.3) is 0 Å². The molecule has 1 amide bonds. The molecule has 116 valence electrons. The number of carbonyl (C=O) groups is 1. The van der Waals surface area contributed by atoms with Crippen molar-refractivity contribution < 1.29 is 14.3 Å². The number of fused-ring (bicyclic) bond motifs is 1. The van der Waals surface area contributed by atoms with Crippen molar-refractivity contribution in [3.8, 4) is 11.5 Å². The second-order valence-electron chi connectivity index (χ2n) is 5.65. The van der Waals surface area contributed by atoms with Crippen LogP contribution in [0, 0.1) is 0 Å². The van der Waals surface area contributed by atoms with Crippen molar-refractivity contribution >= 4 is 5.91 Å². The number of hydrogen-bond acceptors (Lipinski definition) is 4. The van der Waals surface area contributed by atoms with Crippen LogP contribution in [0.5, 0.6) is 11.5 Å². The van der Waals surface area contributed by atoms with E-state index in [-0.39, 0.29) is 5.91 Å². The molecule has 0 aromatic heterocycles. The number of rotatable bonds is 5. The Morgan fingerprint density at radius 2 is 2.14 bits per heavy atom. The molecule has 3 N–H and O–H groups in total. The summed E-state index contributed by atoms with van der Waals surface area (Å²) >= 11 is 0. The maximum Gasteiger partial charge on any atom is 0.240 e. The number of carbonyl (C=O) groups excluding carboxylic acids is 1. The lowest BCUT2D eigenvalue weighted by Gasteiger charge is -2.23. The van der Waals surface area contributed by atoms with Crippen LogP contribution >= 0.6 is 0 Å². The molecule has 5 nitrogen and oxygen atoms in total. The van der Waals surface area contributed by atoms with Crippen LogP contribution in [0.25, 0.3) is 0 Å². The molecule has 0 aliphatic carbocycles. The first kappa shape index (κ1) is 15.6. The van der Waals surface area contributed by atoms with Crippen LogP contribution in [-0.4, -0.2) is 24.7 Å². The summed E-state index contributed by atoms with van der Waals surface area (Å²) in [4.78, 5) is 12.2. The summed E-state index contributed by atoms with van der Waals surface area (Å²) < 4.78 is 11.4. The van der Waals surface area contributed by atoms with E-state index in [1.807, 2.05) is 25.1 Å². The third kappa shape index (κ3) is 3.88. The monoisotopic (exact) mass is 292 g/mol. The Bertz CT molecular complexity index is 500. The molecule has 21 heavy (non-hydrogen) atoms. The van der Waals surface area contributed by atoms with Crippen LogP contribution in [-0.2, 0) is 11.3 Å². The van der Waals surface area contributed by atoms with E-state index in [9.17, 15) is 4.79 Å². The molecule has 1 atom stereocenters. The van der Waals surface area contributed by atoms with Gasteiger partial charge >= 0.3 is 0 Å². The maximum absolute atomic E-state index is 12.2. The van der Waals surface area contributed by atoms with Crippen molar-refractivity contribution in [1.29, 1.82) is 0 Å². The van der Waals surface area contributed by atoms with Crippen LogP contribution in [0.4, 0.5) is 0 Å². The molecule has 1 unspecified atom stereocenters. The molecule has 0 spiro atoms. The van der Waals surface area contributed by atoms with Crippen molar-refractivity contribution in [2.75, 3.05) is 13.2 Å². The first-order valence-electron chi connectivity index (χ1n) is 7.49. The van der Waals surface area contributed by atoms with Crippen molar-refractivity contribution in [1.82, 2.24) is 5.32 Å². The highest BCUT2D eigenvalue weighted by molar-refractivity contribution is 5.85. The van der Waals surface area contributed by atoms with E-state index in [1.165, 1.54) is 0 Å². The predicted molar refractivity (Wildman–Crippen MR) is 81.4 cm³/mol. The fourth-order valence-corrected chi connectivity index (χ4v) is 2.40. The van der Waals surface area contributed by atoms with Gasteiger partial charge < -0.3 is 20.5 Å². The summed E-state index contributed by atoms with van der Waals surface area (Å²) in [6.45, 7) is 5.45. The highest BCUT2D eigenvalue weighted by atomic mass is 16.5. The van der Waals surface area contributed by atoms with Gasteiger partial charge in [-0.3, -0.25) is 4.79 Å². The molecule has 0 saturated carbocycles. The second-order valence-corrected chi connectivity index (χ2v) is 5.65. The molecule has 5 heteroatoms. The van der Waals surface area contributed by atoms with Crippen LogP contribution in [0.15, 0.2) is 18.2 Å². The van der Waals surface area contributed by atoms with Crippen molar-refractivity contribution in [2.24, 2.45) is 5.73 Å². The smallest absolute Gasteiger partial charge is 0.240 e. The van der Waals surface area contributed by atoms with Crippen molar-refractivity contribution in [3.63, 3.8) is 0 Å². The van der Waals surface area contributed by atoms with E-state index in [1.54, 1.807) is 6.92 Å². The molecule has 1 aromatic rings. The Kier molecular flexibility index (Phi) is 5.07. The molecule has 0 fully saturated rings. The lowest BCUT2D eigenvalue weighted by molar-refractivity contribution is -0.126. The van der Waals surface area contributed by atoms with Crippen molar-refractivity contribution in [3.05, 3.63) is 23.8 Å². The molecule has 1 aliphatic rings. The maximum atomic E-state index is 12.2. The molecule has 0 saturated heterocycles. The number of amides is 1. The summed E-state index contributed by atoms with van der Waals surface area (Å²) in [5.74, 6) is 1.32. The van der Waals surface area contributed by atoms with Gasteiger partial charge in [0.1, 0.15) is 0 Å². The van der Waals surface area contributed by atoms with Gasteiger partial charge in [-0.25, -0.2) is 0 Å². The zero-order valence-electron chi connectivity index (χ0n) is 12.8. The number of benzene rings is 1. The Labute approximate surface area is 125 Å². The minimum absolute atomic E-state index is 0.142. The quantitative estimate of drug-likeness (QED) is 0.870. The minimum Gasteiger partial charge on any atom is -0.490 e. The van der Waals surface area contributed by atoms with E-state index >= 15 is 0 Å². The first-order valence-corrected chi connectivity index (χ1v) is 7.49. The highest BCUT2D eigenvalue weighted by Gasteiger charge is 2.27. The Hall–Kier alpha value is -1.75. The average Bonchev–Trinajstić information content (AvgIpc) is 2.70. The SMILES string of the molecule is CCCC(C)(N)C(=O)NCc1cccc2c1OCCCO2. The van der Waals surface area contributed by atoms with Crippen LogP contribution in [0.1, 0.15) is 38.7 Å². The molecule has 1 aliphatic heterocycles. The van der Waals surface area contributed by atoms with Gasteiger partial charge in [-0.2, -0.15) is 0 Å². The summed E-state index contributed by atoms with van der Waals surface area (Å²) in [6.07, 6.45) is 2.39. The van der Waals surface area contributed by atoms with Gasteiger partial charge in [0, 0.05) is 18.5 Å². The molecule has 2 rings (SSSR count). The zero-order chi connectivity index (χ0) is 15.3. The molecular formula is C16H24N2O3. The van der Waals surface area contributed by atoms with Crippen molar-refractivity contribution in [2.45, 2.75) is 45.2 Å². The zero-order valence-corrected chi connectivity index (χ0v) is 12.8. The Morgan fingerprint density at radius 3 is 2.90 bits per heavy atom. The van der Waals surface area contributed by atoms with E-state index in [2.05, 4.69) is 5.32 Å². The van der Waals surface area contributed by atoms with E-state index < -0.39 is 5.54 Å². The number of ether oxygens (including phenoxy) is 2. The fourth-order valence-electron chi connectivity index (χ4n) is 2.40. The largest absolute Gasteiger partial charge is 0.490 e. The predicted octanol–water partition coefficient (Wildman–Crippen LogP) is 1.98. The third-order valence-corrected chi connectivity index (χ3v) is 3.58. The highest BCUT2D eigenvalue weighted by Crippen LogP contribution is 2.33. The number of nitrogens with one attached hydrogen (secondary N) is 1. The van der Waals surface area contributed by atoms with Gasteiger partial charge in [0.15, 0.2) is 11.5 Å². The number of para-hydroxylation sites is 1.